The largest absolute Gasteiger partial charge is 0.351 e. The highest BCUT2D eigenvalue weighted by Crippen LogP contribution is 2.29. The molecule has 0 unspecified atom stereocenters. The van der Waals surface area contributed by atoms with E-state index in [4.69, 9.17) is 11.6 Å². The predicted molar refractivity (Wildman–Crippen MR) is 72.8 cm³/mol. The third-order valence-electron chi connectivity index (χ3n) is 3.07. The lowest BCUT2D eigenvalue weighted by Crippen LogP contribution is -2.60. The van der Waals surface area contributed by atoms with Crippen LogP contribution >= 0.6 is 11.6 Å². The van der Waals surface area contributed by atoms with Crippen molar-refractivity contribution in [3.05, 3.63) is 11.6 Å². The van der Waals surface area contributed by atoms with Gasteiger partial charge in [-0.1, -0.05) is 0 Å². The van der Waals surface area contributed by atoms with Crippen LogP contribution in [0.1, 0.15) is 40.5 Å². The molecule has 1 aliphatic heterocycles. The number of nitrogens with zero attached hydrogens (tertiary/aromatic N) is 3. The predicted octanol–water partition coefficient (Wildman–Crippen LogP) is 2.25. The van der Waals surface area contributed by atoms with Crippen molar-refractivity contribution in [1.82, 2.24) is 20.3 Å². The Bertz CT molecular complexity index is 416. The minimum absolute atomic E-state index is 0.0935. The Labute approximate surface area is 113 Å². The summed E-state index contributed by atoms with van der Waals surface area (Å²) in [7, 11) is 0. The third-order valence-corrected chi connectivity index (χ3v) is 3.25. The van der Waals surface area contributed by atoms with E-state index in [0.717, 1.165) is 12.8 Å². The van der Waals surface area contributed by atoms with E-state index in [1.807, 2.05) is 0 Å². The highest BCUT2D eigenvalue weighted by molar-refractivity contribution is 6.28. The highest BCUT2D eigenvalue weighted by atomic mass is 35.5. The smallest absolute Gasteiger partial charge is 0.227 e. The first-order chi connectivity index (χ1) is 8.26. The molecule has 6 heteroatoms. The van der Waals surface area contributed by atoms with Gasteiger partial charge in [0, 0.05) is 17.1 Å². The van der Waals surface area contributed by atoms with Gasteiger partial charge in [-0.25, -0.2) is 9.97 Å². The molecule has 0 aromatic carbocycles. The van der Waals surface area contributed by atoms with Crippen molar-refractivity contribution in [2.75, 3.05) is 5.32 Å². The molecule has 18 heavy (non-hydrogen) atoms. The number of hydrogen-bond acceptors (Lipinski definition) is 5. The molecule has 0 amide bonds. The Morgan fingerprint density at radius 3 is 2.39 bits per heavy atom. The van der Waals surface area contributed by atoms with Crippen LogP contribution in [0.25, 0.3) is 0 Å². The van der Waals surface area contributed by atoms with E-state index in [2.05, 4.69) is 53.3 Å². The van der Waals surface area contributed by atoms with E-state index < -0.39 is 0 Å². The number of hydrogen-bond donors (Lipinski definition) is 2. The molecule has 0 saturated carbocycles. The Morgan fingerprint density at radius 1 is 1.22 bits per heavy atom. The lowest BCUT2D eigenvalue weighted by atomic mass is 9.80. The molecule has 1 aromatic rings. The number of aromatic nitrogens is 3. The second-order valence-corrected chi connectivity index (χ2v) is 6.56. The highest BCUT2D eigenvalue weighted by Gasteiger charge is 2.37. The normalized spacial score (nSPS) is 22.7. The zero-order valence-corrected chi connectivity index (χ0v) is 12.0. The van der Waals surface area contributed by atoms with Gasteiger partial charge in [-0.05, 0) is 52.1 Å². The van der Waals surface area contributed by atoms with E-state index >= 15 is 0 Å². The summed E-state index contributed by atoms with van der Waals surface area (Å²) in [6, 6.07) is 0.328. The molecule has 1 fully saturated rings. The van der Waals surface area contributed by atoms with Crippen molar-refractivity contribution in [3.63, 3.8) is 0 Å². The van der Waals surface area contributed by atoms with Gasteiger partial charge >= 0.3 is 0 Å². The van der Waals surface area contributed by atoms with Gasteiger partial charge in [0.25, 0.3) is 0 Å². The van der Waals surface area contributed by atoms with Crippen LogP contribution in [0, 0.1) is 0 Å². The lowest BCUT2D eigenvalue weighted by molar-refractivity contribution is 0.170. The van der Waals surface area contributed by atoms with Crippen LogP contribution in [-0.2, 0) is 0 Å². The SMILES string of the molecule is CC1(C)CC(Nc2ncnc(Cl)n2)CC(C)(C)N1. The minimum Gasteiger partial charge on any atom is -0.351 e. The Hall–Kier alpha value is -0.940. The van der Waals surface area contributed by atoms with E-state index in [1.54, 1.807) is 0 Å². The Kier molecular flexibility index (Phi) is 3.47. The van der Waals surface area contributed by atoms with Crippen molar-refractivity contribution >= 4 is 17.5 Å². The summed E-state index contributed by atoms with van der Waals surface area (Å²) in [6.45, 7) is 8.85. The van der Waals surface area contributed by atoms with Crippen molar-refractivity contribution in [1.29, 1.82) is 0 Å². The molecule has 0 spiro atoms. The molecular weight excluding hydrogens is 250 g/mol. The van der Waals surface area contributed by atoms with Gasteiger partial charge in [-0.3, -0.25) is 0 Å². The number of rotatable bonds is 2. The zero-order valence-electron chi connectivity index (χ0n) is 11.3. The van der Waals surface area contributed by atoms with Crippen molar-refractivity contribution in [2.24, 2.45) is 0 Å². The lowest BCUT2D eigenvalue weighted by Gasteiger charge is -2.46. The van der Waals surface area contributed by atoms with Gasteiger partial charge in [0.15, 0.2) is 0 Å². The molecular formula is C12H20ClN5. The minimum atomic E-state index is 0.0935. The van der Waals surface area contributed by atoms with Gasteiger partial charge in [0.05, 0.1) is 0 Å². The third kappa shape index (κ3) is 3.53. The molecule has 2 rings (SSSR count). The summed E-state index contributed by atoms with van der Waals surface area (Å²) < 4.78 is 0. The molecule has 1 aromatic heterocycles. The fourth-order valence-electron chi connectivity index (χ4n) is 2.95. The zero-order chi connectivity index (χ0) is 13.4. The summed E-state index contributed by atoms with van der Waals surface area (Å²) in [5, 5.41) is 7.21. The monoisotopic (exact) mass is 269 g/mol. The average Bonchev–Trinajstić information content (AvgIpc) is 2.11. The van der Waals surface area contributed by atoms with Gasteiger partial charge in [0.1, 0.15) is 6.33 Å². The van der Waals surface area contributed by atoms with E-state index in [-0.39, 0.29) is 16.4 Å². The van der Waals surface area contributed by atoms with Crippen molar-refractivity contribution in [2.45, 2.75) is 57.7 Å². The molecule has 0 radical (unpaired) electrons. The number of nitrogens with one attached hydrogen (secondary N) is 2. The quantitative estimate of drug-likeness (QED) is 0.862. The van der Waals surface area contributed by atoms with Gasteiger partial charge in [0.2, 0.25) is 11.2 Å². The number of piperidine rings is 1. The van der Waals surface area contributed by atoms with Crippen molar-refractivity contribution in [3.8, 4) is 0 Å². The second-order valence-electron chi connectivity index (χ2n) is 6.22. The maximum Gasteiger partial charge on any atom is 0.227 e. The molecule has 0 bridgehead atoms. The molecule has 100 valence electrons. The second kappa shape index (κ2) is 4.63. The summed E-state index contributed by atoms with van der Waals surface area (Å²) in [5.41, 5.74) is 0.187. The van der Waals surface area contributed by atoms with Gasteiger partial charge < -0.3 is 10.6 Å². The van der Waals surface area contributed by atoms with Crippen LogP contribution in [0.4, 0.5) is 5.95 Å². The van der Waals surface area contributed by atoms with Crippen LogP contribution in [0.15, 0.2) is 6.33 Å². The van der Waals surface area contributed by atoms with Gasteiger partial charge in [-0.15, -0.1) is 0 Å². The van der Waals surface area contributed by atoms with Crippen LogP contribution in [0.2, 0.25) is 5.28 Å². The maximum absolute atomic E-state index is 5.76. The van der Waals surface area contributed by atoms with E-state index in [1.165, 1.54) is 6.33 Å². The average molecular weight is 270 g/mol. The van der Waals surface area contributed by atoms with Gasteiger partial charge in [-0.2, -0.15) is 4.98 Å². The molecule has 5 nitrogen and oxygen atoms in total. The van der Waals surface area contributed by atoms with E-state index in [9.17, 15) is 0 Å². The van der Waals surface area contributed by atoms with Crippen LogP contribution in [0.3, 0.4) is 0 Å². The van der Waals surface area contributed by atoms with Crippen molar-refractivity contribution < 1.29 is 0 Å². The summed E-state index contributed by atoms with van der Waals surface area (Å²) in [4.78, 5) is 11.9. The molecule has 0 aliphatic carbocycles. The summed E-state index contributed by atoms with van der Waals surface area (Å²) >= 11 is 5.76. The summed E-state index contributed by atoms with van der Waals surface area (Å²) in [5.74, 6) is 0.550. The van der Waals surface area contributed by atoms with Crippen LogP contribution in [0.5, 0.6) is 0 Å². The van der Waals surface area contributed by atoms with Crippen LogP contribution in [-0.4, -0.2) is 32.1 Å². The molecule has 2 heterocycles. The topological polar surface area (TPSA) is 62.7 Å². The first-order valence-electron chi connectivity index (χ1n) is 6.16. The maximum atomic E-state index is 5.76. The first-order valence-corrected chi connectivity index (χ1v) is 6.54. The van der Waals surface area contributed by atoms with Crippen LogP contribution < -0.4 is 10.6 Å². The standard InChI is InChI=1S/C12H20ClN5/c1-11(2)5-8(6-12(3,4)18-11)16-10-15-7-14-9(13)17-10/h7-8,18H,5-6H2,1-4H3,(H,14,15,16,17). The Balaban J connectivity index is 2.09. The number of halogens is 1. The first kappa shape index (κ1) is 13.5. The fraction of sp³-hybridized carbons (Fsp3) is 0.750. The fourth-order valence-corrected chi connectivity index (χ4v) is 3.08. The molecule has 1 saturated heterocycles. The molecule has 0 atom stereocenters. The molecule has 1 aliphatic rings. The number of anilines is 1. The molecule has 2 N–H and O–H groups in total. The van der Waals surface area contributed by atoms with E-state index in [0.29, 0.717) is 12.0 Å². The summed E-state index contributed by atoms with van der Waals surface area (Å²) in [6.07, 6.45) is 3.45. The Morgan fingerprint density at radius 2 is 1.83 bits per heavy atom.